The van der Waals surface area contributed by atoms with Crippen LogP contribution in [0.2, 0.25) is 0 Å². The summed E-state index contributed by atoms with van der Waals surface area (Å²) in [4.78, 5) is 13.2. The molecule has 6 heteroatoms. The Labute approximate surface area is 133 Å². The van der Waals surface area contributed by atoms with Gasteiger partial charge in [-0.15, -0.1) is 0 Å². The average molecular weight is 318 g/mol. The molecule has 0 saturated heterocycles. The third-order valence-electron chi connectivity index (χ3n) is 3.24. The van der Waals surface area contributed by atoms with Crippen LogP contribution < -0.4 is 4.90 Å². The second-order valence-corrected chi connectivity index (χ2v) is 5.76. The van der Waals surface area contributed by atoms with Gasteiger partial charge in [0.15, 0.2) is 0 Å². The standard InChI is InChI=1S/C16H18N2O3S/c1-2-17(11-12-19)14-6-3-13(4-7-14)5-8-15-9-10-16(22-15)18(20)21/h3-10,19H,2,11-12H2,1H3/b8-5+. The Hall–Kier alpha value is -2.18. The van der Waals surface area contributed by atoms with E-state index in [9.17, 15) is 10.1 Å². The van der Waals surface area contributed by atoms with Crippen molar-refractivity contribution in [2.45, 2.75) is 6.92 Å². The third-order valence-corrected chi connectivity index (χ3v) is 4.24. The monoisotopic (exact) mass is 318 g/mol. The molecule has 1 N–H and O–H groups in total. The van der Waals surface area contributed by atoms with Gasteiger partial charge in [-0.2, -0.15) is 0 Å². The molecule has 5 nitrogen and oxygen atoms in total. The molecule has 0 spiro atoms. The maximum atomic E-state index is 10.6. The van der Waals surface area contributed by atoms with Crippen LogP contribution in [0.4, 0.5) is 10.7 Å². The number of hydrogen-bond acceptors (Lipinski definition) is 5. The van der Waals surface area contributed by atoms with Crippen LogP contribution in [0.3, 0.4) is 0 Å². The van der Waals surface area contributed by atoms with Crippen LogP contribution in [-0.4, -0.2) is 29.7 Å². The summed E-state index contributed by atoms with van der Waals surface area (Å²) in [6.45, 7) is 3.64. The number of aliphatic hydroxyl groups is 1. The highest BCUT2D eigenvalue weighted by Gasteiger charge is 2.07. The molecule has 0 aliphatic rings. The van der Waals surface area contributed by atoms with Crippen LogP contribution in [0, 0.1) is 10.1 Å². The molecule has 116 valence electrons. The smallest absolute Gasteiger partial charge is 0.324 e. The number of likely N-dealkylation sites (N-methyl/N-ethyl adjacent to an activating group) is 1. The van der Waals surface area contributed by atoms with Crippen molar-refractivity contribution in [3.8, 4) is 0 Å². The molecule has 2 aromatic rings. The summed E-state index contributed by atoms with van der Waals surface area (Å²) in [6.07, 6.45) is 3.81. The molecular weight excluding hydrogens is 300 g/mol. The summed E-state index contributed by atoms with van der Waals surface area (Å²) in [5.74, 6) is 0. The summed E-state index contributed by atoms with van der Waals surface area (Å²) in [5.41, 5.74) is 2.10. The molecule has 0 fully saturated rings. The summed E-state index contributed by atoms with van der Waals surface area (Å²) in [5, 5.41) is 19.8. The fraction of sp³-hybridized carbons (Fsp3) is 0.250. The fourth-order valence-electron chi connectivity index (χ4n) is 2.10. The van der Waals surface area contributed by atoms with E-state index in [-0.39, 0.29) is 16.5 Å². The predicted molar refractivity (Wildman–Crippen MR) is 91.3 cm³/mol. The highest BCUT2D eigenvalue weighted by Crippen LogP contribution is 2.25. The Morgan fingerprint density at radius 2 is 1.95 bits per heavy atom. The summed E-state index contributed by atoms with van der Waals surface area (Å²) >= 11 is 1.16. The molecule has 1 heterocycles. The molecule has 1 aromatic carbocycles. The first kappa shape index (κ1) is 16.2. The average Bonchev–Trinajstić information content (AvgIpc) is 3.00. The lowest BCUT2D eigenvalue weighted by molar-refractivity contribution is -0.380. The summed E-state index contributed by atoms with van der Waals surface area (Å²) in [7, 11) is 0. The fourth-order valence-corrected chi connectivity index (χ4v) is 2.82. The lowest BCUT2D eigenvalue weighted by atomic mass is 10.1. The molecule has 0 saturated carbocycles. The first-order valence-electron chi connectivity index (χ1n) is 7.02. The molecule has 0 amide bonds. The zero-order valence-electron chi connectivity index (χ0n) is 12.3. The molecule has 0 bridgehead atoms. The van der Waals surface area contributed by atoms with Crippen LogP contribution >= 0.6 is 11.3 Å². The van der Waals surface area contributed by atoms with E-state index < -0.39 is 0 Å². The van der Waals surface area contributed by atoms with E-state index >= 15 is 0 Å². The second kappa shape index (κ2) is 7.72. The van der Waals surface area contributed by atoms with Crippen molar-refractivity contribution in [1.29, 1.82) is 0 Å². The van der Waals surface area contributed by atoms with Gasteiger partial charge in [0.2, 0.25) is 0 Å². The highest BCUT2D eigenvalue weighted by molar-refractivity contribution is 7.16. The summed E-state index contributed by atoms with van der Waals surface area (Å²) in [6, 6.07) is 11.3. The first-order valence-corrected chi connectivity index (χ1v) is 7.84. The maximum absolute atomic E-state index is 10.6. The normalized spacial score (nSPS) is 11.0. The van der Waals surface area contributed by atoms with E-state index in [4.69, 9.17) is 5.11 Å². The SMILES string of the molecule is CCN(CCO)c1ccc(/C=C/c2ccc([N+](=O)[O-])s2)cc1. The topological polar surface area (TPSA) is 66.6 Å². The third kappa shape index (κ3) is 4.16. The minimum atomic E-state index is -0.378. The number of rotatable bonds is 7. The van der Waals surface area contributed by atoms with Crippen molar-refractivity contribution in [2.75, 3.05) is 24.6 Å². The van der Waals surface area contributed by atoms with E-state index in [0.717, 1.165) is 34.0 Å². The van der Waals surface area contributed by atoms with Gasteiger partial charge in [0.1, 0.15) is 0 Å². The number of hydrogen-bond donors (Lipinski definition) is 1. The van der Waals surface area contributed by atoms with Crippen LogP contribution in [-0.2, 0) is 0 Å². The molecule has 0 radical (unpaired) electrons. The van der Waals surface area contributed by atoms with Crippen molar-refractivity contribution in [2.24, 2.45) is 0 Å². The number of anilines is 1. The number of aliphatic hydroxyl groups excluding tert-OH is 1. The largest absolute Gasteiger partial charge is 0.395 e. The second-order valence-electron chi connectivity index (χ2n) is 4.66. The number of nitro groups is 1. The molecule has 0 atom stereocenters. The predicted octanol–water partition coefficient (Wildman–Crippen LogP) is 3.65. The lowest BCUT2D eigenvalue weighted by Crippen LogP contribution is -2.25. The van der Waals surface area contributed by atoms with Crippen LogP contribution in [0.1, 0.15) is 17.4 Å². The molecule has 0 aliphatic heterocycles. The van der Waals surface area contributed by atoms with Gasteiger partial charge in [-0.25, -0.2) is 0 Å². The molecule has 22 heavy (non-hydrogen) atoms. The van der Waals surface area contributed by atoms with Gasteiger partial charge >= 0.3 is 5.00 Å². The van der Waals surface area contributed by atoms with E-state index in [1.54, 1.807) is 6.07 Å². The van der Waals surface area contributed by atoms with Gasteiger partial charge in [-0.1, -0.05) is 29.5 Å². The zero-order chi connectivity index (χ0) is 15.9. The van der Waals surface area contributed by atoms with Gasteiger partial charge in [-0.3, -0.25) is 10.1 Å². The van der Waals surface area contributed by atoms with Crippen molar-refractivity contribution >= 4 is 34.2 Å². The van der Waals surface area contributed by atoms with E-state index in [2.05, 4.69) is 4.90 Å². The molecule has 0 aliphatic carbocycles. The zero-order valence-corrected chi connectivity index (χ0v) is 13.1. The Kier molecular flexibility index (Phi) is 5.68. The van der Waals surface area contributed by atoms with Crippen molar-refractivity contribution < 1.29 is 10.0 Å². The maximum Gasteiger partial charge on any atom is 0.324 e. The number of nitrogens with zero attached hydrogens (tertiary/aromatic N) is 2. The van der Waals surface area contributed by atoms with Crippen molar-refractivity contribution in [3.05, 3.63) is 57.0 Å². The van der Waals surface area contributed by atoms with E-state index in [0.29, 0.717) is 6.54 Å². The highest BCUT2D eigenvalue weighted by atomic mass is 32.1. The van der Waals surface area contributed by atoms with Gasteiger partial charge in [-0.05, 0) is 36.8 Å². The van der Waals surface area contributed by atoms with Gasteiger partial charge in [0, 0.05) is 29.7 Å². The van der Waals surface area contributed by atoms with E-state index in [1.807, 2.05) is 43.3 Å². The molecular formula is C16H18N2O3S. The number of benzene rings is 1. The minimum absolute atomic E-state index is 0.132. The Bertz CT molecular complexity index is 650. The van der Waals surface area contributed by atoms with Gasteiger partial charge < -0.3 is 10.0 Å². The van der Waals surface area contributed by atoms with Crippen LogP contribution in [0.5, 0.6) is 0 Å². The molecule has 2 rings (SSSR count). The molecule has 1 aromatic heterocycles. The summed E-state index contributed by atoms with van der Waals surface area (Å²) < 4.78 is 0. The quantitative estimate of drug-likeness (QED) is 0.625. The Balaban J connectivity index is 2.06. The van der Waals surface area contributed by atoms with Crippen LogP contribution in [0.15, 0.2) is 36.4 Å². The van der Waals surface area contributed by atoms with Gasteiger partial charge in [0.05, 0.1) is 11.5 Å². The number of thiophene rings is 1. The molecule has 0 unspecified atom stereocenters. The first-order chi connectivity index (χ1) is 10.6. The Morgan fingerprint density at radius 3 is 2.50 bits per heavy atom. The van der Waals surface area contributed by atoms with Crippen molar-refractivity contribution in [3.63, 3.8) is 0 Å². The van der Waals surface area contributed by atoms with Crippen LogP contribution in [0.25, 0.3) is 12.2 Å². The lowest BCUT2D eigenvalue weighted by Gasteiger charge is -2.21. The van der Waals surface area contributed by atoms with E-state index in [1.165, 1.54) is 6.07 Å². The van der Waals surface area contributed by atoms with Crippen molar-refractivity contribution in [1.82, 2.24) is 0 Å². The Morgan fingerprint density at radius 1 is 1.23 bits per heavy atom. The van der Waals surface area contributed by atoms with Gasteiger partial charge in [0.25, 0.3) is 0 Å². The minimum Gasteiger partial charge on any atom is -0.395 e.